The lowest BCUT2D eigenvalue weighted by atomic mass is 10.1. The molecule has 1 rings (SSSR count). The normalized spacial score (nSPS) is 10.6. The van der Waals surface area contributed by atoms with Crippen LogP contribution in [-0.2, 0) is 9.53 Å². The molecule has 0 saturated carbocycles. The Morgan fingerprint density at radius 3 is 1.66 bits per heavy atom. The van der Waals surface area contributed by atoms with E-state index in [-0.39, 0.29) is 5.97 Å². The molecule has 0 aliphatic heterocycles. The summed E-state index contributed by atoms with van der Waals surface area (Å²) < 4.78 is 4.62. The second-order valence-electron chi connectivity index (χ2n) is 7.99. The Morgan fingerprint density at radius 2 is 1.21 bits per heavy atom. The highest BCUT2D eigenvalue weighted by Gasteiger charge is 1.98. The van der Waals surface area contributed by atoms with E-state index in [9.17, 15) is 4.79 Å². The lowest BCUT2D eigenvalue weighted by molar-refractivity contribution is -0.140. The summed E-state index contributed by atoms with van der Waals surface area (Å²) in [7, 11) is 1.46. The molecular weight excluding hydrogens is 356 g/mol. The molecule has 0 aromatic heterocycles. The fourth-order valence-electron chi connectivity index (χ4n) is 3.10. The number of carbonyl (C=O) groups is 1. The van der Waals surface area contributed by atoms with E-state index in [1.165, 1.54) is 88.9 Å². The number of carbonyl (C=O) groups excluding carboxylic acids is 1. The van der Waals surface area contributed by atoms with Gasteiger partial charge in [-0.1, -0.05) is 94.7 Å². The average molecular weight is 403 g/mol. The average Bonchev–Trinajstić information content (AvgIpc) is 2.73. The molecule has 2 heteroatoms. The first kappa shape index (κ1) is 27.4. The molecular formula is C27H46O2. The van der Waals surface area contributed by atoms with Crippen LogP contribution in [0.1, 0.15) is 108 Å². The minimum Gasteiger partial charge on any atom is -0.469 e. The molecule has 1 aromatic rings. The molecule has 0 unspecified atom stereocenters. The van der Waals surface area contributed by atoms with Crippen LogP contribution in [0.3, 0.4) is 0 Å². The second-order valence-corrected chi connectivity index (χ2v) is 7.99. The van der Waals surface area contributed by atoms with Gasteiger partial charge in [-0.3, -0.25) is 4.79 Å². The van der Waals surface area contributed by atoms with Crippen molar-refractivity contribution in [3.8, 4) is 0 Å². The maximum atomic E-state index is 10.9. The van der Waals surface area contributed by atoms with Crippen LogP contribution in [0.25, 0.3) is 0 Å². The lowest BCUT2D eigenvalue weighted by Gasteiger charge is -2.00. The Labute approximate surface area is 181 Å². The van der Waals surface area contributed by atoms with E-state index in [2.05, 4.69) is 61.9 Å². The number of hydrogen-bond donors (Lipinski definition) is 0. The van der Waals surface area contributed by atoms with Gasteiger partial charge in [-0.05, 0) is 57.1 Å². The van der Waals surface area contributed by atoms with Crippen molar-refractivity contribution in [1.82, 2.24) is 0 Å². The van der Waals surface area contributed by atoms with Crippen molar-refractivity contribution in [2.75, 3.05) is 7.11 Å². The first-order valence-electron chi connectivity index (χ1n) is 11.9. The number of methoxy groups -OCH3 is 1. The highest BCUT2D eigenvalue weighted by molar-refractivity contribution is 5.68. The lowest BCUT2D eigenvalue weighted by Crippen LogP contribution is -1.98. The molecule has 0 radical (unpaired) electrons. The topological polar surface area (TPSA) is 26.3 Å². The first-order chi connectivity index (χ1) is 14.1. The summed E-state index contributed by atoms with van der Waals surface area (Å²) in [5.74, 6) is -0.0763. The molecule has 0 aliphatic carbocycles. The maximum absolute atomic E-state index is 10.9. The molecule has 0 aliphatic rings. The fraction of sp³-hybridized carbons (Fsp3) is 0.667. The fourth-order valence-corrected chi connectivity index (χ4v) is 3.10. The van der Waals surface area contributed by atoms with Gasteiger partial charge >= 0.3 is 5.97 Å². The van der Waals surface area contributed by atoms with Crippen molar-refractivity contribution in [3.05, 3.63) is 47.5 Å². The van der Waals surface area contributed by atoms with Gasteiger partial charge in [0.05, 0.1) is 7.11 Å². The van der Waals surface area contributed by atoms with Crippen LogP contribution >= 0.6 is 0 Å². The molecule has 2 nitrogen and oxygen atoms in total. The monoisotopic (exact) mass is 402 g/mol. The van der Waals surface area contributed by atoms with Crippen LogP contribution < -0.4 is 0 Å². The molecule has 166 valence electrons. The Morgan fingerprint density at radius 1 is 0.759 bits per heavy atom. The summed E-state index contributed by atoms with van der Waals surface area (Å²) in [5.41, 5.74) is 2.74. The number of rotatable bonds is 15. The number of aryl methyl sites for hydroxylation is 2. The van der Waals surface area contributed by atoms with Crippen LogP contribution in [0.5, 0.6) is 0 Å². The molecule has 0 heterocycles. The molecule has 0 N–H and O–H groups in total. The van der Waals surface area contributed by atoms with Gasteiger partial charge in [0.1, 0.15) is 0 Å². The summed E-state index contributed by atoms with van der Waals surface area (Å²) in [6.45, 7) is 6.51. The third-order valence-corrected chi connectivity index (χ3v) is 5.30. The number of allylic oxidation sites excluding steroid dienone is 2. The minimum absolute atomic E-state index is 0.0763. The Balaban J connectivity index is 0.000000807. The summed E-state index contributed by atoms with van der Waals surface area (Å²) in [4.78, 5) is 10.9. The van der Waals surface area contributed by atoms with Gasteiger partial charge in [-0.25, -0.2) is 0 Å². The maximum Gasteiger partial charge on any atom is 0.305 e. The molecule has 0 spiro atoms. The van der Waals surface area contributed by atoms with E-state index >= 15 is 0 Å². The molecule has 0 atom stereocenters. The Bertz CT molecular complexity index is 498. The number of hydrogen-bond acceptors (Lipinski definition) is 2. The van der Waals surface area contributed by atoms with Crippen molar-refractivity contribution in [2.24, 2.45) is 0 Å². The van der Waals surface area contributed by atoms with Crippen LogP contribution in [0.15, 0.2) is 36.4 Å². The second kappa shape index (κ2) is 21.1. The summed E-state index contributed by atoms with van der Waals surface area (Å²) in [6, 6.07) is 8.36. The number of esters is 1. The Kier molecular flexibility index (Phi) is 20.0. The number of benzene rings is 1. The first-order valence-corrected chi connectivity index (χ1v) is 11.9. The smallest absolute Gasteiger partial charge is 0.305 e. The van der Waals surface area contributed by atoms with Gasteiger partial charge in [0.2, 0.25) is 0 Å². The number of unbranched alkanes of at least 4 members (excludes halogenated alkanes) is 11. The van der Waals surface area contributed by atoms with Crippen molar-refractivity contribution < 1.29 is 9.53 Å². The molecule has 0 fully saturated rings. The standard InChI is InChI=1S/C19H36O2.C8H10/c1-3-4-5-6-7-8-9-10-11-12-13-14-15-16-17-18-19(20)21-2;1-7-5-3-4-6-8(7)2/h10-11H,3-9,12-18H2,1-2H3;3-6H,1-2H3. The molecule has 1 aromatic carbocycles. The van der Waals surface area contributed by atoms with Crippen molar-refractivity contribution in [3.63, 3.8) is 0 Å². The van der Waals surface area contributed by atoms with E-state index in [4.69, 9.17) is 0 Å². The van der Waals surface area contributed by atoms with Gasteiger partial charge in [0, 0.05) is 6.42 Å². The van der Waals surface area contributed by atoms with Gasteiger partial charge in [-0.15, -0.1) is 0 Å². The van der Waals surface area contributed by atoms with Crippen LogP contribution in [0.2, 0.25) is 0 Å². The zero-order valence-corrected chi connectivity index (χ0v) is 19.7. The highest BCUT2D eigenvalue weighted by atomic mass is 16.5. The molecule has 0 bridgehead atoms. The largest absolute Gasteiger partial charge is 0.469 e. The van der Waals surface area contributed by atoms with Gasteiger partial charge in [0.25, 0.3) is 0 Å². The van der Waals surface area contributed by atoms with Crippen molar-refractivity contribution in [1.29, 1.82) is 0 Å². The third-order valence-electron chi connectivity index (χ3n) is 5.30. The van der Waals surface area contributed by atoms with Gasteiger partial charge in [-0.2, -0.15) is 0 Å². The highest BCUT2D eigenvalue weighted by Crippen LogP contribution is 2.10. The minimum atomic E-state index is -0.0763. The van der Waals surface area contributed by atoms with Gasteiger partial charge in [0.15, 0.2) is 0 Å². The molecule has 0 saturated heterocycles. The van der Waals surface area contributed by atoms with Crippen molar-refractivity contribution in [2.45, 2.75) is 111 Å². The predicted octanol–water partition coefficient (Wildman–Crippen LogP) is 8.50. The van der Waals surface area contributed by atoms with E-state index in [1.54, 1.807) is 0 Å². The zero-order chi connectivity index (χ0) is 21.6. The van der Waals surface area contributed by atoms with Gasteiger partial charge < -0.3 is 4.74 Å². The quantitative estimate of drug-likeness (QED) is 0.167. The van der Waals surface area contributed by atoms with Crippen molar-refractivity contribution >= 4 is 5.97 Å². The van der Waals surface area contributed by atoms with E-state index in [0.717, 1.165) is 12.8 Å². The summed E-state index contributed by atoms with van der Waals surface area (Å²) in [6.07, 6.45) is 22.0. The summed E-state index contributed by atoms with van der Waals surface area (Å²) >= 11 is 0. The number of ether oxygens (including phenoxy) is 1. The third kappa shape index (κ3) is 19.5. The molecule has 0 amide bonds. The summed E-state index contributed by atoms with van der Waals surface area (Å²) in [5, 5.41) is 0. The van der Waals surface area contributed by atoms with Crippen LogP contribution in [-0.4, -0.2) is 13.1 Å². The zero-order valence-electron chi connectivity index (χ0n) is 19.7. The van der Waals surface area contributed by atoms with E-state index in [0.29, 0.717) is 6.42 Å². The van der Waals surface area contributed by atoms with Crippen LogP contribution in [0.4, 0.5) is 0 Å². The SMILES string of the molecule is CCCCCCCCC=CCCCCCCCC(=O)OC.Cc1ccccc1C. The Hall–Kier alpha value is -1.57. The van der Waals surface area contributed by atoms with E-state index in [1.807, 2.05) is 0 Å². The van der Waals surface area contributed by atoms with Crippen LogP contribution in [0, 0.1) is 13.8 Å². The van der Waals surface area contributed by atoms with E-state index < -0.39 is 0 Å². The predicted molar refractivity (Wildman–Crippen MR) is 127 cm³/mol. The molecule has 29 heavy (non-hydrogen) atoms.